The summed E-state index contributed by atoms with van der Waals surface area (Å²) >= 11 is 0. The molecule has 3 heteroatoms. The number of carbonyl (C=O) groups is 1. The fourth-order valence-electron chi connectivity index (χ4n) is 1.46. The Labute approximate surface area is 95.8 Å². The van der Waals surface area contributed by atoms with Crippen LogP contribution in [0.3, 0.4) is 0 Å². The Kier molecular flexibility index (Phi) is 4.50. The molecule has 0 aromatic carbocycles. The van der Waals surface area contributed by atoms with E-state index in [0.29, 0.717) is 25.7 Å². The Balaban J connectivity index is 2.44. The Morgan fingerprint density at radius 3 is 3.00 bits per heavy atom. The third-order valence-electron chi connectivity index (χ3n) is 2.61. The topological polar surface area (TPSA) is 50.4 Å². The van der Waals surface area contributed by atoms with Crippen LogP contribution in [-0.2, 0) is 11.2 Å². The van der Waals surface area contributed by atoms with Crippen molar-refractivity contribution in [2.75, 3.05) is 0 Å². The molecular weight excluding hydrogens is 204 g/mol. The van der Waals surface area contributed by atoms with Gasteiger partial charge in [-0.05, 0) is 31.9 Å². The van der Waals surface area contributed by atoms with Gasteiger partial charge in [-0.3, -0.25) is 4.79 Å². The van der Waals surface area contributed by atoms with Crippen molar-refractivity contribution in [1.29, 1.82) is 0 Å². The lowest BCUT2D eigenvalue weighted by atomic mass is 9.91. The van der Waals surface area contributed by atoms with Gasteiger partial charge in [0.15, 0.2) is 5.78 Å². The first-order valence-corrected chi connectivity index (χ1v) is 5.45. The Bertz CT molecular complexity index is 336. The number of allylic oxidation sites excluding steroid dienone is 1. The average Bonchev–Trinajstić information content (AvgIpc) is 2.76. The van der Waals surface area contributed by atoms with Gasteiger partial charge in [0.2, 0.25) is 0 Å². The summed E-state index contributed by atoms with van der Waals surface area (Å²) in [4.78, 5) is 11.7. The molecule has 0 radical (unpaired) electrons. The van der Waals surface area contributed by atoms with Gasteiger partial charge in [-0.15, -0.1) is 6.58 Å². The number of furan rings is 1. The van der Waals surface area contributed by atoms with Crippen LogP contribution in [0, 0.1) is 0 Å². The fraction of sp³-hybridized carbons (Fsp3) is 0.462. The van der Waals surface area contributed by atoms with Crippen LogP contribution in [0.1, 0.15) is 31.9 Å². The van der Waals surface area contributed by atoms with Gasteiger partial charge in [0.05, 0.1) is 6.26 Å². The molecule has 0 aliphatic carbocycles. The van der Waals surface area contributed by atoms with Gasteiger partial charge >= 0.3 is 0 Å². The van der Waals surface area contributed by atoms with Crippen molar-refractivity contribution in [3.05, 3.63) is 36.8 Å². The smallest absolute Gasteiger partial charge is 0.164 e. The van der Waals surface area contributed by atoms with Crippen LogP contribution in [0.4, 0.5) is 0 Å². The third kappa shape index (κ3) is 3.66. The lowest BCUT2D eigenvalue weighted by Gasteiger charge is -2.20. The van der Waals surface area contributed by atoms with Gasteiger partial charge in [0.1, 0.15) is 11.4 Å². The van der Waals surface area contributed by atoms with Crippen molar-refractivity contribution in [1.82, 2.24) is 0 Å². The van der Waals surface area contributed by atoms with Crippen LogP contribution in [0.25, 0.3) is 0 Å². The molecule has 1 atom stereocenters. The van der Waals surface area contributed by atoms with E-state index in [1.807, 2.05) is 6.07 Å². The van der Waals surface area contributed by atoms with Gasteiger partial charge in [-0.2, -0.15) is 0 Å². The monoisotopic (exact) mass is 222 g/mol. The number of rotatable bonds is 7. The summed E-state index contributed by atoms with van der Waals surface area (Å²) in [6.45, 7) is 5.11. The maximum Gasteiger partial charge on any atom is 0.164 e. The second-order valence-corrected chi connectivity index (χ2v) is 4.10. The van der Waals surface area contributed by atoms with E-state index in [9.17, 15) is 9.90 Å². The number of hydrogen-bond acceptors (Lipinski definition) is 3. The van der Waals surface area contributed by atoms with E-state index in [-0.39, 0.29) is 5.78 Å². The molecule has 0 bridgehead atoms. The Hall–Kier alpha value is -1.35. The summed E-state index contributed by atoms with van der Waals surface area (Å²) in [6.07, 6.45) is 5.17. The van der Waals surface area contributed by atoms with E-state index >= 15 is 0 Å². The Morgan fingerprint density at radius 2 is 2.44 bits per heavy atom. The summed E-state index contributed by atoms with van der Waals surface area (Å²) in [7, 11) is 0. The van der Waals surface area contributed by atoms with Gasteiger partial charge < -0.3 is 9.52 Å². The zero-order valence-electron chi connectivity index (χ0n) is 9.61. The predicted octanol–water partition coefficient (Wildman–Crippen LogP) is 2.50. The number of ketones is 1. The van der Waals surface area contributed by atoms with Gasteiger partial charge in [-0.1, -0.05) is 6.08 Å². The molecule has 1 aromatic rings. The first kappa shape index (κ1) is 12.7. The highest BCUT2D eigenvalue weighted by molar-refractivity contribution is 5.86. The highest BCUT2D eigenvalue weighted by atomic mass is 16.3. The van der Waals surface area contributed by atoms with E-state index in [0.717, 1.165) is 5.76 Å². The van der Waals surface area contributed by atoms with Crippen LogP contribution >= 0.6 is 0 Å². The van der Waals surface area contributed by atoms with Crippen molar-refractivity contribution < 1.29 is 14.3 Å². The first-order valence-electron chi connectivity index (χ1n) is 5.45. The predicted molar refractivity (Wildman–Crippen MR) is 62.1 cm³/mol. The van der Waals surface area contributed by atoms with Crippen LogP contribution in [-0.4, -0.2) is 16.5 Å². The van der Waals surface area contributed by atoms with E-state index in [1.165, 1.54) is 0 Å². The SMILES string of the molecule is C=CCCC(=O)C(C)(O)CCc1ccco1. The molecule has 3 nitrogen and oxygen atoms in total. The number of hydrogen-bond donors (Lipinski definition) is 1. The molecule has 0 fully saturated rings. The fourth-order valence-corrected chi connectivity index (χ4v) is 1.46. The lowest BCUT2D eigenvalue weighted by molar-refractivity contribution is -0.136. The normalized spacial score (nSPS) is 14.4. The molecule has 16 heavy (non-hydrogen) atoms. The van der Waals surface area contributed by atoms with Crippen molar-refractivity contribution in [3.63, 3.8) is 0 Å². The quantitative estimate of drug-likeness (QED) is 0.721. The van der Waals surface area contributed by atoms with Crippen LogP contribution in [0.2, 0.25) is 0 Å². The summed E-state index contributed by atoms with van der Waals surface area (Å²) in [5.74, 6) is 0.649. The molecule has 1 aromatic heterocycles. The van der Waals surface area contributed by atoms with Crippen molar-refractivity contribution in [2.24, 2.45) is 0 Å². The Morgan fingerprint density at radius 1 is 1.69 bits per heavy atom. The van der Waals surface area contributed by atoms with Crippen LogP contribution in [0.15, 0.2) is 35.5 Å². The van der Waals surface area contributed by atoms with Crippen molar-refractivity contribution in [3.8, 4) is 0 Å². The summed E-state index contributed by atoms with van der Waals surface area (Å²) in [5, 5.41) is 9.98. The maximum atomic E-state index is 11.7. The van der Waals surface area contributed by atoms with Crippen molar-refractivity contribution >= 4 is 5.78 Å². The van der Waals surface area contributed by atoms with E-state index in [4.69, 9.17) is 4.42 Å². The summed E-state index contributed by atoms with van der Waals surface area (Å²) < 4.78 is 5.15. The standard InChI is InChI=1S/C13H18O3/c1-3-4-7-12(14)13(2,15)9-8-11-6-5-10-16-11/h3,5-6,10,15H,1,4,7-9H2,2H3. The molecule has 0 amide bonds. The maximum absolute atomic E-state index is 11.7. The molecule has 0 saturated carbocycles. The zero-order valence-corrected chi connectivity index (χ0v) is 9.61. The highest BCUT2D eigenvalue weighted by Crippen LogP contribution is 2.17. The number of carbonyl (C=O) groups excluding carboxylic acids is 1. The number of Topliss-reactive ketones (excluding diaryl/α,β-unsaturated/α-hetero) is 1. The number of aryl methyl sites for hydroxylation is 1. The summed E-state index contributed by atoms with van der Waals surface area (Å²) in [5.41, 5.74) is -1.27. The van der Waals surface area contributed by atoms with Crippen LogP contribution in [0.5, 0.6) is 0 Å². The van der Waals surface area contributed by atoms with Crippen LogP contribution < -0.4 is 0 Å². The molecule has 1 rings (SSSR count). The molecule has 0 aliphatic heterocycles. The molecule has 1 heterocycles. The average molecular weight is 222 g/mol. The minimum Gasteiger partial charge on any atom is -0.469 e. The van der Waals surface area contributed by atoms with Gasteiger partial charge in [-0.25, -0.2) is 0 Å². The second-order valence-electron chi connectivity index (χ2n) is 4.10. The lowest BCUT2D eigenvalue weighted by Crippen LogP contribution is -2.35. The van der Waals surface area contributed by atoms with E-state index in [2.05, 4.69) is 6.58 Å². The van der Waals surface area contributed by atoms with E-state index in [1.54, 1.807) is 25.3 Å². The largest absolute Gasteiger partial charge is 0.469 e. The molecule has 1 unspecified atom stereocenters. The summed E-state index contributed by atoms with van der Waals surface area (Å²) in [6, 6.07) is 3.63. The molecule has 0 aliphatic rings. The third-order valence-corrected chi connectivity index (χ3v) is 2.61. The molecule has 0 saturated heterocycles. The second kappa shape index (κ2) is 5.66. The zero-order chi connectivity index (χ0) is 12.0. The molecule has 1 N–H and O–H groups in total. The highest BCUT2D eigenvalue weighted by Gasteiger charge is 2.28. The molecule has 88 valence electrons. The van der Waals surface area contributed by atoms with E-state index < -0.39 is 5.60 Å². The minimum atomic E-state index is -1.27. The molecular formula is C13H18O3. The first-order chi connectivity index (χ1) is 7.56. The minimum absolute atomic E-state index is 0.140. The number of aliphatic hydroxyl groups is 1. The van der Waals surface area contributed by atoms with Crippen molar-refractivity contribution in [2.45, 2.75) is 38.2 Å². The molecule has 0 spiro atoms. The van der Waals surface area contributed by atoms with Gasteiger partial charge in [0.25, 0.3) is 0 Å². The van der Waals surface area contributed by atoms with Gasteiger partial charge in [0, 0.05) is 12.8 Å².